The maximum atomic E-state index is 6.16. The summed E-state index contributed by atoms with van der Waals surface area (Å²) < 4.78 is 0.898. The highest BCUT2D eigenvalue weighted by molar-refractivity contribution is 9.10. The first-order valence-corrected chi connectivity index (χ1v) is 7.27. The van der Waals surface area contributed by atoms with E-state index in [1.165, 1.54) is 0 Å². The SMILES string of the molecule is Clc1ccc(-c2nc3c(Cl)cc(Br)cc3[nH]2)cc1Cl. The van der Waals surface area contributed by atoms with Crippen LogP contribution in [0.5, 0.6) is 0 Å². The van der Waals surface area contributed by atoms with E-state index < -0.39 is 0 Å². The Morgan fingerprint density at radius 1 is 0.947 bits per heavy atom. The molecule has 0 aliphatic carbocycles. The molecule has 6 heteroatoms. The maximum Gasteiger partial charge on any atom is 0.138 e. The molecule has 0 saturated heterocycles. The minimum absolute atomic E-state index is 0.493. The van der Waals surface area contributed by atoms with Gasteiger partial charge in [-0.05, 0) is 30.3 Å². The number of hydrogen-bond donors (Lipinski definition) is 1. The van der Waals surface area contributed by atoms with Crippen molar-refractivity contribution < 1.29 is 0 Å². The fraction of sp³-hybridized carbons (Fsp3) is 0. The number of benzene rings is 2. The largest absolute Gasteiger partial charge is 0.338 e. The quantitative estimate of drug-likeness (QED) is 0.558. The van der Waals surface area contributed by atoms with Crippen LogP contribution in [0.15, 0.2) is 34.8 Å². The predicted molar refractivity (Wildman–Crippen MR) is 84.3 cm³/mol. The van der Waals surface area contributed by atoms with Gasteiger partial charge in [0, 0.05) is 10.0 Å². The van der Waals surface area contributed by atoms with Crippen molar-refractivity contribution in [1.29, 1.82) is 0 Å². The van der Waals surface area contributed by atoms with Crippen LogP contribution in [0.25, 0.3) is 22.4 Å². The van der Waals surface area contributed by atoms with Crippen molar-refractivity contribution in [2.75, 3.05) is 0 Å². The number of aromatic nitrogens is 2. The molecule has 19 heavy (non-hydrogen) atoms. The maximum absolute atomic E-state index is 6.16. The first-order chi connectivity index (χ1) is 9.04. The molecule has 1 N–H and O–H groups in total. The van der Waals surface area contributed by atoms with Crippen molar-refractivity contribution in [2.24, 2.45) is 0 Å². The first kappa shape index (κ1) is 13.3. The summed E-state index contributed by atoms with van der Waals surface area (Å²) in [6, 6.07) is 9.10. The lowest BCUT2D eigenvalue weighted by Gasteiger charge is -1.99. The zero-order valence-electron chi connectivity index (χ0n) is 9.35. The van der Waals surface area contributed by atoms with Gasteiger partial charge in [0.15, 0.2) is 0 Å². The molecule has 0 bridgehead atoms. The lowest BCUT2D eigenvalue weighted by Crippen LogP contribution is -1.80. The average Bonchev–Trinajstić information content (AvgIpc) is 2.76. The van der Waals surface area contributed by atoms with Gasteiger partial charge in [-0.3, -0.25) is 0 Å². The third-order valence-electron chi connectivity index (χ3n) is 2.70. The van der Waals surface area contributed by atoms with E-state index in [-0.39, 0.29) is 0 Å². The summed E-state index contributed by atoms with van der Waals surface area (Å²) >= 11 is 21.5. The second-order valence-electron chi connectivity index (χ2n) is 4.00. The van der Waals surface area contributed by atoms with E-state index in [1.807, 2.05) is 18.2 Å². The zero-order valence-corrected chi connectivity index (χ0v) is 13.2. The van der Waals surface area contributed by atoms with Gasteiger partial charge in [0.05, 0.1) is 20.6 Å². The number of imidazole rings is 1. The fourth-order valence-corrected chi connectivity index (χ4v) is 2.97. The van der Waals surface area contributed by atoms with E-state index in [9.17, 15) is 0 Å². The number of halogens is 4. The Kier molecular flexibility index (Phi) is 3.48. The number of nitrogens with zero attached hydrogens (tertiary/aromatic N) is 1. The van der Waals surface area contributed by atoms with Crippen LogP contribution in [0, 0.1) is 0 Å². The van der Waals surface area contributed by atoms with Crippen LogP contribution in [0.2, 0.25) is 15.1 Å². The summed E-state index contributed by atoms with van der Waals surface area (Å²) in [6.45, 7) is 0. The second kappa shape index (κ2) is 4.98. The van der Waals surface area contributed by atoms with E-state index in [0.717, 1.165) is 21.1 Å². The summed E-state index contributed by atoms with van der Waals surface area (Å²) in [5.74, 6) is 0.702. The van der Waals surface area contributed by atoms with Crippen molar-refractivity contribution in [1.82, 2.24) is 9.97 Å². The number of aromatic amines is 1. The molecule has 2 aromatic carbocycles. The van der Waals surface area contributed by atoms with Crippen molar-refractivity contribution in [3.8, 4) is 11.4 Å². The van der Waals surface area contributed by atoms with E-state index in [0.29, 0.717) is 20.9 Å². The summed E-state index contributed by atoms with van der Waals surface area (Å²) in [6.07, 6.45) is 0. The van der Waals surface area contributed by atoms with E-state index in [2.05, 4.69) is 25.9 Å². The summed E-state index contributed by atoms with van der Waals surface area (Å²) in [4.78, 5) is 7.70. The van der Waals surface area contributed by atoms with Crippen molar-refractivity contribution in [2.45, 2.75) is 0 Å². The molecule has 0 aliphatic heterocycles. The molecule has 0 aliphatic rings. The summed E-state index contributed by atoms with van der Waals surface area (Å²) in [5, 5.41) is 1.60. The third-order valence-corrected chi connectivity index (χ3v) is 4.18. The zero-order chi connectivity index (χ0) is 13.6. The Balaban J connectivity index is 2.20. The third kappa shape index (κ3) is 2.48. The molecule has 0 radical (unpaired) electrons. The van der Waals surface area contributed by atoms with Gasteiger partial charge in [-0.2, -0.15) is 0 Å². The molecule has 0 spiro atoms. The van der Waals surface area contributed by atoms with Crippen LogP contribution in [-0.4, -0.2) is 9.97 Å². The van der Waals surface area contributed by atoms with Gasteiger partial charge in [0.25, 0.3) is 0 Å². The summed E-state index contributed by atoms with van der Waals surface area (Å²) in [5.41, 5.74) is 2.45. The molecule has 0 atom stereocenters. The van der Waals surface area contributed by atoms with Crippen LogP contribution in [0.1, 0.15) is 0 Å². The standard InChI is InChI=1S/C13H6BrCl3N2/c14-7-4-10(17)12-11(5-7)18-13(19-12)6-1-2-8(15)9(16)3-6/h1-5H,(H,18,19). The van der Waals surface area contributed by atoms with Crippen molar-refractivity contribution >= 4 is 61.8 Å². The van der Waals surface area contributed by atoms with Crippen molar-refractivity contribution in [3.63, 3.8) is 0 Å². The van der Waals surface area contributed by atoms with Crippen LogP contribution in [-0.2, 0) is 0 Å². The monoisotopic (exact) mass is 374 g/mol. The molecule has 0 unspecified atom stereocenters. The average molecular weight is 376 g/mol. The molecule has 3 rings (SSSR count). The van der Waals surface area contributed by atoms with Gasteiger partial charge in [-0.25, -0.2) is 4.98 Å². The van der Waals surface area contributed by atoms with E-state index in [4.69, 9.17) is 34.8 Å². The molecule has 3 aromatic rings. The van der Waals surface area contributed by atoms with Gasteiger partial charge in [0.1, 0.15) is 11.3 Å². The van der Waals surface area contributed by atoms with Gasteiger partial charge in [-0.15, -0.1) is 0 Å². The number of nitrogens with one attached hydrogen (secondary N) is 1. The minimum atomic E-state index is 0.493. The predicted octanol–water partition coefficient (Wildman–Crippen LogP) is 5.95. The molecule has 2 nitrogen and oxygen atoms in total. The normalized spacial score (nSPS) is 11.2. The van der Waals surface area contributed by atoms with Gasteiger partial charge < -0.3 is 4.98 Å². The Bertz CT molecular complexity index is 783. The molecule has 0 amide bonds. The topological polar surface area (TPSA) is 28.7 Å². The number of H-pyrrole nitrogens is 1. The molecular weight excluding hydrogens is 370 g/mol. The van der Waals surface area contributed by atoms with Gasteiger partial charge in [0.2, 0.25) is 0 Å². The Morgan fingerprint density at radius 3 is 2.47 bits per heavy atom. The van der Waals surface area contributed by atoms with E-state index in [1.54, 1.807) is 12.1 Å². The van der Waals surface area contributed by atoms with E-state index >= 15 is 0 Å². The van der Waals surface area contributed by atoms with Crippen LogP contribution in [0.3, 0.4) is 0 Å². The summed E-state index contributed by atoms with van der Waals surface area (Å²) in [7, 11) is 0. The number of rotatable bonds is 1. The number of hydrogen-bond acceptors (Lipinski definition) is 1. The molecular formula is C13H6BrCl3N2. The van der Waals surface area contributed by atoms with Crippen LogP contribution in [0.4, 0.5) is 0 Å². The fourth-order valence-electron chi connectivity index (χ4n) is 1.82. The molecule has 1 aromatic heterocycles. The van der Waals surface area contributed by atoms with Gasteiger partial charge >= 0.3 is 0 Å². The Hall–Kier alpha value is -0.740. The molecule has 0 fully saturated rings. The van der Waals surface area contributed by atoms with Gasteiger partial charge in [-0.1, -0.05) is 50.7 Å². The Morgan fingerprint density at radius 2 is 1.74 bits per heavy atom. The van der Waals surface area contributed by atoms with Crippen LogP contribution >= 0.6 is 50.7 Å². The first-order valence-electron chi connectivity index (χ1n) is 5.35. The second-order valence-corrected chi connectivity index (χ2v) is 6.14. The van der Waals surface area contributed by atoms with Crippen LogP contribution < -0.4 is 0 Å². The highest BCUT2D eigenvalue weighted by Crippen LogP contribution is 2.31. The number of fused-ring (bicyclic) bond motifs is 1. The Labute approximate surface area is 132 Å². The highest BCUT2D eigenvalue weighted by atomic mass is 79.9. The smallest absolute Gasteiger partial charge is 0.138 e. The molecule has 1 heterocycles. The lowest BCUT2D eigenvalue weighted by molar-refractivity contribution is 1.34. The lowest BCUT2D eigenvalue weighted by atomic mass is 10.2. The molecule has 0 saturated carbocycles. The highest BCUT2D eigenvalue weighted by Gasteiger charge is 2.10. The van der Waals surface area contributed by atoms with Crippen molar-refractivity contribution in [3.05, 3.63) is 49.9 Å². The molecule has 96 valence electrons. The minimum Gasteiger partial charge on any atom is -0.338 e.